The molecule has 0 amide bonds. The maximum Gasteiger partial charge on any atom is 0.135 e. The number of anilines is 3. The van der Waals surface area contributed by atoms with Gasteiger partial charge in [-0.25, -0.2) is 0 Å². The van der Waals surface area contributed by atoms with Gasteiger partial charge in [0.2, 0.25) is 0 Å². The Kier molecular flexibility index (Phi) is 7.19. The Morgan fingerprint density at radius 1 is 0.377 bits per heavy atom. The van der Waals surface area contributed by atoms with E-state index in [1.54, 1.807) is 0 Å². The first kappa shape index (κ1) is 31.1. The van der Waals surface area contributed by atoms with Crippen molar-refractivity contribution in [1.82, 2.24) is 0 Å². The molecule has 0 radical (unpaired) electrons. The molecule has 0 aliphatic heterocycles. The number of hydrogen-bond donors (Lipinski definition) is 0. The fraction of sp³-hybridized carbons (Fsp3) is 0.0588. The van der Waals surface area contributed by atoms with Crippen LogP contribution in [0, 0.1) is 0 Å². The van der Waals surface area contributed by atoms with E-state index in [0.717, 1.165) is 39.0 Å². The lowest BCUT2D eigenvalue weighted by molar-refractivity contribution is 0.660. The molecule has 2 heteroatoms. The lowest BCUT2D eigenvalue weighted by atomic mass is 9.81. The standard InChI is InChI=1S/C51H37NO/c1-51(2)46-31-38(36-23-21-35(22-24-36)34-13-5-3-6-14-34)25-28-42(46)43-29-26-40(33-47(43)51)52(48-19-11-9-17-41(48)37-15-7-4-8-16-37)39-27-30-50-45(32-39)44-18-10-12-20-49(44)53-50/h3-33H,1-2H3. The van der Waals surface area contributed by atoms with Crippen molar-refractivity contribution in [3.05, 3.63) is 199 Å². The van der Waals surface area contributed by atoms with Gasteiger partial charge < -0.3 is 9.32 Å². The molecule has 0 unspecified atom stereocenters. The van der Waals surface area contributed by atoms with Crippen molar-refractivity contribution in [3.8, 4) is 44.5 Å². The summed E-state index contributed by atoms with van der Waals surface area (Å²) in [6, 6.07) is 67.9. The summed E-state index contributed by atoms with van der Waals surface area (Å²) < 4.78 is 6.26. The maximum absolute atomic E-state index is 6.26. The van der Waals surface area contributed by atoms with E-state index in [-0.39, 0.29) is 5.41 Å². The normalized spacial score (nSPS) is 12.9. The number of fused-ring (bicyclic) bond motifs is 6. The number of para-hydroxylation sites is 2. The molecule has 1 aliphatic rings. The summed E-state index contributed by atoms with van der Waals surface area (Å²) in [6.07, 6.45) is 0. The van der Waals surface area contributed by atoms with Gasteiger partial charge in [0.1, 0.15) is 11.2 Å². The third kappa shape index (κ3) is 5.18. The zero-order valence-corrected chi connectivity index (χ0v) is 29.8. The van der Waals surface area contributed by atoms with Crippen LogP contribution in [-0.4, -0.2) is 0 Å². The van der Waals surface area contributed by atoms with E-state index in [0.29, 0.717) is 0 Å². The molecule has 9 aromatic rings. The Bertz CT molecular complexity index is 2790. The molecule has 2 nitrogen and oxygen atoms in total. The second kappa shape index (κ2) is 12.3. The first-order chi connectivity index (χ1) is 26.0. The fourth-order valence-electron chi connectivity index (χ4n) is 8.34. The lowest BCUT2D eigenvalue weighted by Crippen LogP contribution is -2.17. The fourth-order valence-corrected chi connectivity index (χ4v) is 8.34. The quantitative estimate of drug-likeness (QED) is 0.174. The van der Waals surface area contributed by atoms with E-state index in [1.807, 2.05) is 12.1 Å². The average Bonchev–Trinajstić information content (AvgIpc) is 3.70. The van der Waals surface area contributed by atoms with Crippen LogP contribution in [-0.2, 0) is 5.41 Å². The average molecular weight is 680 g/mol. The van der Waals surface area contributed by atoms with Crippen molar-refractivity contribution in [2.45, 2.75) is 19.3 Å². The molecule has 0 saturated heterocycles. The van der Waals surface area contributed by atoms with Crippen molar-refractivity contribution in [2.24, 2.45) is 0 Å². The molecule has 53 heavy (non-hydrogen) atoms. The third-order valence-electron chi connectivity index (χ3n) is 11.1. The van der Waals surface area contributed by atoms with Crippen LogP contribution < -0.4 is 4.90 Å². The van der Waals surface area contributed by atoms with Crippen LogP contribution >= 0.6 is 0 Å². The van der Waals surface area contributed by atoms with Gasteiger partial charge in [0.15, 0.2) is 0 Å². The van der Waals surface area contributed by atoms with Gasteiger partial charge in [-0.1, -0.05) is 153 Å². The van der Waals surface area contributed by atoms with Crippen molar-refractivity contribution >= 4 is 39.0 Å². The van der Waals surface area contributed by atoms with Gasteiger partial charge >= 0.3 is 0 Å². The molecule has 1 aliphatic carbocycles. The summed E-state index contributed by atoms with van der Waals surface area (Å²) in [5.41, 5.74) is 17.5. The summed E-state index contributed by atoms with van der Waals surface area (Å²) in [5.74, 6) is 0. The zero-order chi connectivity index (χ0) is 35.5. The molecule has 0 atom stereocenters. The van der Waals surface area contributed by atoms with E-state index in [4.69, 9.17) is 4.42 Å². The molecule has 0 saturated carbocycles. The molecule has 1 heterocycles. The molecule has 10 rings (SSSR count). The molecule has 0 spiro atoms. The smallest absolute Gasteiger partial charge is 0.135 e. The zero-order valence-electron chi connectivity index (χ0n) is 29.8. The predicted octanol–water partition coefficient (Wildman–Crippen LogP) is 14.4. The molecule has 8 aromatic carbocycles. The molecular formula is C51H37NO. The van der Waals surface area contributed by atoms with Gasteiger partial charge in [-0.05, 0) is 98.6 Å². The highest BCUT2D eigenvalue weighted by Crippen LogP contribution is 2.52. The summed E-state index contributed by atoms with van der Waals surface area (Å²) in [5, 5.41) is 2.23. The second-order valence-corrected chi connectivity index (χ2v) is 14.6. The Labute approximate surface area is 310 Å². The highest BCUT2D eigenvalue weighted by Gasteiger charge is 2.36. The number of rotatable bonds is 6. The molecular weight excluding hydrogens is 643 g/mol. The van der Waals surface area contributed by atoms with E-state index in [1.165, 1.54) is 55.6 Å². The maximum atomic E-state index is 6.26. The van der Waals surface area contributed by atoms with E-state index in [9.17, 15) is 0 Å². The molecule has 1 aromatic heterocycles. The molecule has 0 fully saturated rings. The third-order valence-corrected chi connectivity index (χ3v) is 11.1. The number of benzene rings is 8. The van der Waals surface area contributed by atoms with Gasteiger partial charge in [0.05, 0.1) is 5.69 Å². The molecule has 0 bridgehead atoms. The Hall–Kier alpha value is -6.64. The van der Waals surface area contributed by atoms with Gasteiger partial charge in [0.25, 0.3) is 0 Å². The molecule has 0 N–H and O–H groups in total. The van der Waals surface area contributed by atoms with Crippen LogP contribution in [0.25, 0.3) is 66.4 Å². The number of hydrogen-bond acceptors (Lipinski definition) is 2. The van der Waals surface area contributed by atoms with Crippen LogP contribution in [0.2, 0.25) is 0 Å². The summed E-state index contributed by atoms with van der Waals surface area (Å²) in [4.78, 5) is 2.42. The van der Waals surface area contributed by atoms with E-state index in [2.05, 4.69) is 195 Å². The van der Waals surface area contributed by atoms with Crippen LogP contribution in [0.3, 0.4) is 0 Å². The van der Waals surface area contributed by atoms with Crippen LogP contribution in [0.5, 0.6) is 0 Å². The predicted molar refractivity (Wildman–Crippen MR) is 222 cm³/mol. The summed E-state index contributed by atoms with van der Waals surface area (Å²) in [6.45, 7) is 4.74. The first-order valence-corrected chi connectivity index (χ1v) is 18.3. The van der Waals surface area contributed by atoms with Gasteiger partial charge in [-0.2, -0.15) is 0 Å². The number of nitrogens with zero attached hydrogens (tertiary/aromatic N) is 1. The minimum Gasteiger partial charge on any atom is -0.456 e. The Balaban J connectivity index is 1.10. The lowest BCUT2D eigenvalue weighted by Gasteiger charge is -2.30. The molecule has 252 valence electrons. The van der Waals surface area contributed by atoms with Crippen molar-refractivity contribution < 1.29 is 4.42 Å². The van der Waals surface area contributed by atoms with Gasteiger partial charge in [-0.3, -0.25) is 0 Å². The highest BCUT2D eigenvalue weighted by atomic mass is 16.3. The summed E-state index contributed by atoms with van der Waals surface area (Å²) >= 11 is 0. The van der Waals surface area contributed by atoms with Gasteiger partial charge in [-0.15, -0.1) is 0 Å². The Morgan fingerprint density at radius 3 is 1.68 bits per heavy atom. The SMILES string of the molecule is CC1(C)c2cc(-c3ccc(-c4ccccc4)cc3)ccc2-c2ccc(N(c3ccc4oc5ccccc5c4c3)c3ccccc3-c3ccccc3)cc21. The largest absolute Gasteiger partial charge is 0.456 e. The second-order valence-electron chi connectivity index (χ2n) is 14.6. The van der Waals surface area contributed by atoms with Crippen molar-refractivity contribution in [3.63, 3.8) is 0 Å². The van der Waals surface area contributed by atoms with Crippen LogP contribution in [0.1, 0.15) is 25.0 Å². The number of furan rings is 1. The first-order valence-electron chi connectivity index (χ1n) is 18.3. The Morgan fingerprint density at radius 2 is 0.906 bits per heavy atom. The van der Waals surface area contributed by atoms with E-state index < -0.39 is 0 Å². The van der Waals surface area contributed by atoms with Gasteiger partial charge in [0, 0.05) is 33.1 Å². The topological polar surface area (TPSA) is 16.4 Å². The monoisotopic (exact) mass is 679 g/mol. The van der Waals surface area contributed by atoms with Crippen LogP contribution in [0.4, 0.5) is 17.1 Å². The van der Waals surface area contributed by atoms with Crippen LogP contribution in [0.15, 0.2) is 192 Å². The summed E-state index contributed by atoms with van der Waals surface area (Å²) in [7, 11) is 0. The van der Waals surface area contributed by atoms with Crippen molar-refractivity contribution in [2.75, 3.05) is 4.90 Å². The minimum absolute atomic E-state index is 0.198. The van der Waals surface area contributed by atoms with Crippen molar-refractivity contribution in [1.29, 1.82) is 0 Å². The highest BCUT2D eigenvalue weighted by molar-refractivity contribution is 6.07. The van der Waals surface area contributed by atoms with E-state index >= 15 is 0 Å². The minimum atomic E-state index is -0.198.